The van der Waals surface area contributed by atoms with E-state index in [1.54, 1.807) is 0 Å². The van der Waals surface area contributed by atoms with Crippen molar-refractivity contribution in [2.45, 2.75) is 0 Å². The van der Waals surface area contributed by atoms with E-state index in [1.165, 1.54) is 33.4 Å². The number of benzene rings is 4. The minimum absolute atomic E-state index is 1.09. The van der Waals surface area contributed by atoms with Crippen LogP contribution in [-0.4, -0.2) is 0 Å². The fraction of sp³-hybridized carbons (Fsp3) is 0. The van der Waals surface area contributed by atoms with E-state index in [1.807, 2.05) is 0 Å². The molecule has 0 N–H and O–H groups in total. The topological polar surface area (TPSA) is 0 Å². The molecule has 0 saturated carbocycles. The van der Waals surface area contributed by atoms with Crippen molar-refractivity contribution in [3.63, 3.8) is 0 Å². The summed E-state index contributed by atoms with van der Waals surface area (Å²) in [5.74, 6) is 0. The molecule has 0 spiro atoms. The van der Waals surface area contributed by atoms with Gasteiger partial charge in [0.05, 0.1) is 0 Å². The molecule has 0 radical (unpaired) electrons. The maximum Gasteiger partial charge on any atom is 0.0175 e. The van der Waals surface area contributed by atoms with Gasteiger partial charge < -0.3 is 0 Å². The Morgan fingerprint density at radius 3 is 0.741 bits per heavy atom. The van der Waals surface area contributed by atoms with E-state index in [4.69, 9.17) is 0 Å². The third-order valence-electron chi connectivity index (χ3n) is 4.47. The number of rotatable bonds is 3. The fourth-order valence-electron chi connectivity index (χ4n) is 3.05. The van der Waals surface area contributed by atoms with Crippen LogP contribution < -0.4 is 0 Å². The molecule has 0 heterocycles. The normalized spacial score (nSPS) is 10.8. The van der Waals surface area contributed by atoms with Crippen LogP contribution in [-0.2, 0) is 0 Å². The smallest absolute Gasteiger partial charge is 0.0175 e. The van der Waals surface area contributed by atoms with Gasteiger partial charge in [-0.1, -0.05) is 84.2 Å². The first-order chi connectivity index (χ1) is 13.1. The van der Waals surface area contributed by atoms with Crippen LogP contribution in [0.15, 0.2) is 104 Å². The van der Waals surface area contributed by atoms with Gasteiger partial charge in [-0.25, -0.2) is 0 Å². The predicted molar refractivity (Wildman–Crippen MR) is 126 cm³/mol. The highest BCUT2D eigenvalue weighted by Gasteiger charge is 2.08. The van der Waals surface area contributed by atoms with Gasteiger partial charge in [0.25, 0.3) is 0 Å². The average Bonchev–Trinajstić information content (AvgIpc) is 2.69. The lowest BCUT2D eigenvalue weighted by Gasteiger charge is -2.12. The van der Waals surface area contributed by atoms with Crippen LogP contribution in [0.25, 0.3) is 33.4 Å². The lowest BCUT2D eigenvalue weighted by atomic mass is 9.93. The second kappa shape index (κ2) is 8.14. The van der Waals surface area contributed by atoms with Gasteiger partial charge in [0, 0.05) is 13.4 Å². The van der Waals surface area contributed by atoms with Crippen LogP contribution in [0.2, 0.25) is 0 Å². The van der Waals surface area contributed by atoms with E-state index in [0.29, 0.717) is 0 Å². The summed E-state index contributed by atoms with van der Waals surface area (Å²) in [5, 5.41) is 0. The lowest BCUT2D eigenvalue weighted by molar-refractivity contribution is 1.54. The summed E-state index contributed by atoms with van der Waals surface area (Å²) in [6.07, 6.45) is 0. The first-order valence-electron chi connectivity index (χ1n) is 8.51. The monoisotopic (exact) mass is 540 g/mol. The maximum absolute atomic E-state index is 3.52. The highest BCUT2D eigenvalue weighted by Crippen LogP contribution is 2.34. The van der Waals surface area contributed by atoms with Crippen molar-refractivity contribution in [2.24, 2.45) is 0 Å². The molecule has 4 aromatic rings. The minimum Gasteiger partial charge on any atom is -0.0533 e. The van der Waals surface area contributed by atoms with Crippen LogP contribution in [0, 0.1) is 0 Å². The second-order valence-electron chi connectivity index (χ2n) is 6.32. The van der Waals surface area contributed by atoms with E-state index >= 15 is 0 Å². The Bertz CT molecular complexity index is 910. The van der Waals surface area contributed by atoms with Crippen LogP contribution in [0.1, 0.15) is 0 Å². The van der Waals surface area contributed by atoms with Gasteiger partial charge in [-0.2, -0.15) is 0 Å². The molecule has 0 aliphatic rings. The Kier molecular flexibility index (Phi) is 5.63. The van der Waals surface area contributed by atoms with Crippen molar-refractivity contribution in [2.75, 3.05) is 0 Å². The zero-order valence-corrected chi connectivity index (χ0v) is 19.1. The third kappa shape index (κ3) is 4.43. The zero-order valence-electron chi connectivity index (χ0n) is 14.3. The van der Waals surface area contributed by atoms with E-state index < -0.39 is 0 Å². The molecule has 132 valence electrons. The molecular formula is C24H15Br3. The molecule has 0 saturated heterocycles. The fourth-order valence-corrected chi connectivity index (χ4v) is 3.85. The molecule has 0 aromatic heterocycles. The largest absolute Gasteiger partial charge is 0.0533 e. The molecule has 0 unspecified atom stereocenters. The SMILES string of the molecule is Brc1ccc(-c2cc(-c3ccc(Br)cc3)cc(-c3ccc(Br)cc3)c2)cc1. The Labute approximate surface area is 184 Å². The van der Waals surface area contributed by atoms with Crippen molar-refractivity contribution in [1.82, 2.24) is 0 Å². The summed E-state index contributed by atoms with van der Waals surface area (Å²) in [5.41, 5.74) is 7.24. The standard InChI is InChI=1S/C24H15Br3/c25-22-7-1-16(2-8-22)19-13-20(17-3-9-23(26)10-4-17)15-21(14-19)18-5-11-24(27)12-6-18/h1-15H. The molecule has 0 nitrogen and oxygen atoms in total. The first-order valence-corrected chi connectivity index (χ1v) is 10.9. The maximum atomic E-state index is 3.52. The van der Waals surface area contributed by atoms with Gasteiger partial charge >= 0.3 is 0 Å². The molecule has 0 aliphatic carbocycles. The molecule has 0 fully saturated rings. The van der Waals surface area contributed by atoms with Crippen molar-refractivity contribution >= 4 is 47.8 Å². The van der Waals surface area contributed by atoms with Gasteiger partial charge in [0.15, 0.2) is 0 Å². The molecule has 4 aromatic carbocycles. The Morgan fingerprint density at radius 2 is 0.519 bits per heavy atom. The van der Waals surface area contributed by atoms with Gasteiger partial charge in [0.2, 0.25) is 0 Å². The van der Waals surface area contributed by atoms with Crippen LogP contribution in [0.5, 0.6) is 0 Å². The third-order valence-corrected chi connectivity index (χ3v) is 6.05. The van der Waals surface area contributed by atoms with Crippen LogP contribution in [0.3, 0.4) is 0 Å². The van der Waals surface area contributed by atoms with Gasteiger partial charge in [-0.05, 0) is 88.0 Å². The lowest BCUT2D eigenvalue weighted by Crippen LogP contribution is -1.86. The second-order valence-corrected chi connectivity index (χ2v) is 9.07. The molecular weight excluding hydrogens is 528 g/mol. The molecule has 0 atom stereocenters. The molecule has 27 heavy (non-hydrogen) atoms. The van der Waals surface area contributed by atoms with E-state index in [0.717, 1.165) is 13.4 Å². The highest BCUT2D eigenvalue weighted by molar-refractivity contribution is 9.11. The summed E-state index contributed by atoms with van der Waals surface area (Å²) in [4.78, 5) is 0. The van der Waals surface area contributed by atoms with Gasteiger partial charge in [-0.3, -0.25) is 0 Å². The van der Waals surface area contributed by atoms with E-state index in [2.05, 4.69) is 139 Å². The molecule has 0 aliphatic heterocycles. The van der Waals surface area contributed by atoms with Crippen LogP contribution >= 0.6 is 47.8 Å². The number of hydrogen-bond acceptors (Lipinski definition) is 0. The van der Waals surface area contributed by atoms with E-state index in [-0.39, 0.29) is 0 Å². The number of hydrogen-bond donors (Lipinski definition) is 0. The molecule has 4 rings (SSSR count). The summed E-state index contributed by atoms with van der Waals surface area (Å²) < 4.78 is 3.26. The predicted octanol–water partition coefficient (Wildman–Crippen LogP) is 8.98. The van der Waals surface area contributed by atoms with Gasteiger partial charge in [-0.15, -0.1) is 0 Å². The zero-order chi connectivity index (χ0) is 18.8. The Morgan fingerprint density at radius 1 is 0.296 bits per heavy atom. The highest BCUT2D eigenvalue weighted by atomic mass is 79.9. The minimum atomic E-state index is 1.09. The van der Waals surface area contributed by atoms with Gasteiger partial charge in [0.1, 0.15) is 0 Å². The molecule has 0 amide bonds. The summed E-state index contributed by atoms with van der Waals surface area (Å²) in [6.45, 7) is 0. The van der Waals surface area contributed by atoms with Crippen molar-refractivity contribution in [3.05, 3.63) is 104 Å². The van der Waals surface area contributed by atoms with Crippen molar-refractivity contribution in [3.8, 4) is 33.4 Å². The summed E-state index contributed by atoms with van der Waals surface area (Å²) >= 11 is 10.6. The van der Waals surface area contributed by atoms with Crippen molar-refractivity contribution < 1.29 is 0 Å². The van der Waals surface area contributed by atoms with Crippen LogP contribution in [0.4, 0.5) is 0 Å². The molecule has 3 heteroatoms. The van der Waals surface area contributed by atoms with E-state index in [9.17, 15) is 0 Å². The average molecular weight is 543 g/mol. The summed E-state index contributed by atoms with van der Waals surface area (Å²) in [6, 6.07) is 32.2. The Balaban J connectivity index is 1.89. The summed E-state index contributed by atoms with van der Waals surface area (Å²) in [7, 11) is 0. The number of halogens is 3. The quantitative estimate of drug-likeness (QED) is 0.242. The van der Waals surface area contributed by atoms with Crippen molar-refractivity contribution in [1.29, 1.82) is 0 Å². The molecule has 0 bridgehead atoms. The Hall–Kier alpha value is -1.68. The first kappa shape index (κ1) is 18.7.